The average Bonchev–Trinajstić information content (AvgIpc) is 2.88. The standard InChI is InChI=1S/C15H16N2O2S/c1-11-5-7-13(8-6-11)20(18,19)17-15-4-2-3-12-9-16-10-14(12)15/h2-8,16-17H,9-10H2,1H3. The smallest absolute Gasteiger partial charge is 0.261 e. The lowest BCUT2D eigenvalue weighted by Crippen LogP contribution is -2.14. The molecule has 5 heteroatoms. The van der Waals surface area contributed by atoms with Gasteiger partial charge >= 0.3 is 0 Å². The van der Waals surface area contributed by atoms with Gasteiger partial charge in [0.15, 0.2) is 0 Å². The van der Waals surface area contributed by atoms with E-state index in [0.29, 0.717) is 12.2 Å². The molecule has 3 rings (SSSR count). The maximum absolute atomic E-state index is 12.4. The summed E-state index contributed by atoms with van der Waals surface area (Å²) in [5.41, 5.74) is 3.87. The van der Waals surface area contributed by atoms with Crippen molar-refractivity contribution in [2.24, 2.45) is 0 Å². The number of anilines is 1. The SMILES string of the molecule is Cc1ccc(S(=O)(=O)Nc2cccc3c2CNC3)cc1. The molecule has 0 amide bonds. The van der Waals surface area contributed by atoms with Crippen LogP contribution in [0.1, 0.15) is 16.7 Å². The Morgan fingerprint density at radius 3 is 2.55 bits per heavy atom. The number of fused-ring (bicyclic) bond motifs is 1. The fourth-order valence-electron chi connectivity index (χ4n) is 2.35. The van der Waals surface area contributed by atoms with Gasteiger partial charge in [-0.1, -0.05) is 29.8 Å². The minimum atomic E-state index is -3.53. The van der Waals surface area contributed by atoms with E-state index in [0.717, 1.165) is 23.2 Å². The van der Waals surface area contributed by atoms with Gasteiger partial charge in [-0.25, -0.2) is 8.42 Å². The predicted molar refractivity (Wildman–Crippen MR) is 79.0 cm³/mol. The van der Waals surface area contributed by atoms with Gasteiger partial charge in [0.25, 0.3) is 10.0 Å². The van der Waals surface area contributed by atoms with E-state index in [2.05, 4.69) is 10.0 Å². The highest BCUT2D eigenvalue weighted by atomic mass is 32.2. The first-order chi connectivity index (χ1) is 9.56. The molecule has 0 bridgehead atoms. The molecule has 1 aliphatic rings. The van der Waals surface area contributed by atoms with Crippen LogP contribution in [-0.2, 0) is 23.1 Å². The molecule has 104 valence electrons. The van der Waals surface area contributed by atoms with E-state index in [9.17, 15) is 8.42 Å². The van der Waals surface area contributed by atoms with Crippen molar-refractivity contribution in [1.82, 2.24) is 5.32 Å². The monoisotopic (exact) mass is 288 g/mol. The second kappa shape index (κ2) is 4.92. The van der Waals surface area contributed by atoms with E-state index in [4.69, 9.17) is 0 Å². The number of hydrogen-bond acceptors (Lipinski definition) is 3. The molecule has 2 N–H and O–H groups in total. The summed E-state index contributed by atoms with van der Waals surface area (Å²) >= 11 is 0. The van der Waals surface area contributed by atoms with Crippen LogP contribution in [0.4, 0.5) is 5.69 Å². The molecule has 0 aliphatic carbocycles. The molecule has 0 saturated carbocycles. The van der Waals surface area contributed by atoms with Crippen LogP contribution in [0, 0.1) is 6.92 Å². The number of hydrogen-bond donors (Lipinski definition) is 2. The zero-order valence-corrected chi connectivity index (χ0v) is 12.0. The van der Waals surface area contributed by atoms with Crippen molar-refractivity contribution >= 4 is 15.7 Å². The van der Waals surface area contributed by atoms with Crippen LogP contribution in [0.3, 0.4) is 0 Å². The van der Waals surface area contributed by atoms with Gasteiger partial charge in [0.1, 0.15) is 0 Å². The first-order valence-corrected chi connectivity index (χ1v) is 7.95. The normalized spacial score (nSPS) is 14.1. The summed E-state index contributed by atoms with van der Waals surface area (Å²) in [6, 6.07) is 12.5. The van der Waals surface area contributed by atoms with E-state index < -0.39 is 10.0 Å². The Bertz CT molecular complexity index is 737. The van der Waals surface area contributed by atoms with Crippen molar-refractivity contribution in [2.45, 2.75) is 24.9 Å². The molecule has 20 heavy (non-hydrogen) atoms. The van der Waals surface area contributed by atoms with Gasteiger partial charge in [0.05, 0.1) is 10.6 Å². The van der Waals surface area contributed by atoms with Gasteiger partial charge in [0, 0.05) is 13.1 Å². The van der Waals surface area contributed by atoms with E-state index >= 15 is 0 Å². The van der Waals surface area contributed by atoms with Crippen LogP contribution < -0.4 is 10.0 Å². The second-order valence-electron chi connectivity index (χ2n) is 4.97. The van der Waals surface area contributed by atoms with Gasteiger partial charge < -0.3 is 5.32 Å². The Labute approximate surface area is 118 Å². The zero-order valence-electron chi connectivity index (χ0n) is 11.2. The number of benzene rings is 2. The molecular formula is C15H16N2O2S. The van der Waals surface area contributed by atoms with E-state index in [1.165, 1.54) is 0 Å². The van der Waals surface area contributed by atoms with Crippen molar-refractivity contribution in [1.29, 1.82) is 0 Å². The third-order valence-electron chi connectivity index (χ3n) is 3.47. The minimum absolute atomic E-state index is 0.284. The maximum Gasteiger partial charge on any atom is 0.261 e. The number of aryl methyl sites for hydroxylation is 1. The number of sulfonamides is 1. The van der Waals surface area contributed by atoms with E-state index in [1.54, 1.807) is 30.3 Å². The summed E-state index contributed by atoms with van der Waals surface area (Å²) in [7, 11) is -3.53. The first kappa shape index (κ1) is 13.1. The van der Waals surface area contributed by atoms with Gasteiger partial charge in [-0.15, -0.1) is 0 Å². The Morgan fingerprint density at radius 1 is 1.05 bits per heavy atom. The Kier molecular flexibility index (Phi) is 3.23. The number of rotatable bonds is 3. The second-order valence-corrected chi connectivity index (χ2v) is 6.65. The van der Waals surface area contributed by atoms with Crippen molar-refractivity contribution in [2.75, 3.05) is 4.72 Å². The average molecular weight is 288 g/mol. The molecule has 2 aromatic rings. The Morgan fingerprint density at radius 2 is 1.80 bits per heavy atom. The fourth-order valence-corrected chi connectivity index (χ4v) is 3.44. The molecule has 0 saturated heterocycles. The van der Waals surface area contributed by atoms with Gasteiger partial charge in [-0.05, 0) is 36.2 Å². The van der Waals surface area contributed by atoms with Crippen molar-refractivity contribution in [3.05, 3.63) is 59.2 Å². The summed E-state index contributed by atoms with van der Waals surface area (Å²) in [4.78, 5) is 0.284. The van der Waals surface area contributed by atoms with Crippen molar-refractivity contribution < 1.29 is 8.42 Å². The zero-order chi connectivity index (χ0) is 14.2. The lowest BCUT2D eigenvalue weighted by atomic mass is 10.1. The number of nitrogens with one attached hydrogen (secondary N) is 2. The highest BCUT2D eigenvalue weighted by Crippen LogP contribution is 2.26. The molecule has 0 atom stereocenters. The lowest BCUT2D eigenvalue weighted by molar-refractivity contribution is 0.601. The largest absolute Gasteiger partial charge is 0.309 e. The quantitative estimate of drug-likeness (QED) is 0.912. The lowest BCUT2D eigenvalue weighted by Gasteiger charge is -2.11. The summed E-state index contributed by atoms with van der Waals surface area (Å²) < 4.78 is 27.4. The molecule has 0 fully saturated rings. The summed E-state index contributed by atoms with van der Waals surface area (Å²) in [5, 5.41) is 3.23. The van der Waals surface area contributed by atoms with Gasteiger partial charge in [0.2, 0.25) is 0 Å². The molecule has 0 spiro atoms. The van der Waals surface area contributed by atoms with Gasteiger partial charge in [-0.3, -0.25) is 4.72 Å². The maximum atomic E-state index is 12.4. The fraction of sp³-hybridized carbons (Fsp3) is 0.200. The van der Waals surface area contributed by atoms with Crippen molar-refractivity contribution in [3.8, 4) is 0 Å². The molecule has 1 heterocycles. The van der Waals surface area contributed by atoms with Gasteiger partial charge in [-0.2, -0.15) is 0 Å². The van der Waals surface area contributed by atoms with Crippen molar-refractivity contribution in [3.63, 3.8) is 0 Å². The summed E-state index contributed by atoms with van der Waals surface area (Å²) in [5.74, 6) is 0. The van der Waals surface area contributed by atoms with Crippen LogP contribution in [-0.4, -0.2) is 8.42 Å². The molecule has 0 aromatic heterocycles. The Hall–Kier alpha value is -1.85. The topological polar surface area (TPSA) is 58.2 Å². The third-order valence-corrected chi connectivity index (χ3v) is 4.85. The van der Waals surface area contributed by atoms with Crippen LogP contribution in [0.5, 0.6) is 0 Å². The highest BCUT2D eigenvalue weighted by Gasteiger charge is 2.19. The third kappa shape index (κ3) is 2.42. The first-order valence-electron chi connectivity index (χ1n) is 6.47. The minimum Gasteiger partial charge on any atom is -0.309 e. The summed E-state index contributed by atoms with van der Waals surface area (Å²) in [6.45, 7) is 3.41. The van der Waals surface area contributed by atoms with E-state index in [1.807, 2.05) is 19.1 Å². The summed E-state index contributed by atoms with van der Waals surface area (Å²) in [6.07, 6.45) is 0. The van der Waals surface area contributed by atoms with Crippen LogP contribution >= 0.6 is 0 Å². The Balaban J connectivity index is 1.95. The molecular weight excluding hydrogens is 272 g/mol. The molecule has 4 nitrogen and oxygen atoms in total. The molecule has 1 aliphatic heterocycles. The van der Waals surface area contributed by atoms with Crippen LogP contribution in [0.15, 0.2) is 47.4 Å². The van der Waals surface area contributed by atoms with Crippen LogP contribution in [0.25, 0.3) is 0 Å². The molecule has 2 aromatic carbocycles. The highest BCUT2D eigenvalue weighted by molar-refractivity contribution is 7.92. The van der Waals surface area contributed by atoms with Crippen LogP contribution in [0.2, 0.25) is 0 Å². The molecule has 0 radical (unpaired) electrons. The predicted octanol–water partition coefficient (Wildman–Crippen LogP) is 2.40. The van der Waals surface area contributed by atoms with E-state index in [-0.39, 0.29) is 4.90 Å². The molecule has 0 unspecified atom stereocenters.